The number of hydrogen-bond acceptors (Lipinski definition) is 4. The van der Waals surface area contributed by atoms with Crippen molar-refractivity contribution in [2.24, 2.45) is 0 Å². The molecule has 2 aromatic rings. The number of nitrogens with zero attached hydrogens (tertiary/aromatic N) is 3. The fourth-order valence-electron chi connectivity index (χ4n) is 3.62. The normalized spacial score (nSPS) is 15.1. The lowest BCUT2D eigenvalue weighted by Gasteiger charge is -2.41. The van der Waals surface area contributed by atoms with Crippen LogP contribution in [-0.4, -0.2) is 34.2 Å². The molecule has 0 radical (unpaired) electrons. The number of ether oxygens (including phenoxy) is 1. The Bertz CT molecular complexity index is 1170. The summed E-state index contributed by atoms with van der Waals surface area (Å²) in [5.74, 6) is -1.81. The van der Waals surface area contributed by atoms with E-state index in [0.29, 0.717) is 16.2 Å². The van der Waals surface area contributed by atoms with Gasteiger partial charge in [0, 0.05) is 24.9 Å². The van der Waals surface area contributed by atoms with Crippen molar-refractivity contribution < 1.29 is 22.7 Å². The fraction of sp³-hybridized carbons (Fsp3) is 0.286. The van der Waals surface area contributed by atoms with Gasteiger partial charge in [0.25, 0.3) is 5.56 Å². The van der Waals surface area contributed by atoms with E-state index in [-0.39, 0.29) is 22.5 Å². The van der Waals surface area contributed by atoms with Crippen LogP contribution in [-0.2, 0) is 4.79 Å². The number of halogens is 3. The molecule has 3 rings (SSSR count). The van der Waals surface area contributed by atoms with Crippen LogP contribution < -0.4 is 10.3 Å². The van der Waals surface area contributed by atoms with E-state index in [1.54, 1.807) is 13.0 Å². The van der Waals surface area contributed by atoms with Crippen LogP contribution in [0.1, 0.15) is 30.5 Å². The molecule has 1 aromatic carbocycles. The summed E-state index contributed by atoms with van der Waals surface area (Å²) in [7, 11) is 0.985. The molecule has 1 aromatic heterocycles. The summed E-state index contributed by atoms with van der Waals surface area (Å²) in [5.41, 5.74) is -1.04. The molecule has 0 aliphatic carbocycles. The molecule has 0 spiro atoms. The predicted octanol–water partition coefficient (Wildman–Crippen LogP) is 3.44. The summed E-state index contributed by atoms with van der Waals surface area (Å²) in [6.45, 7) is 4.62. The number of aromatic nitrogens is 1. The van der Waals surface area contributed by atoms with Gasteiger partial charge in [0.05, 0.1) is 23.0 Å². The third-order valence-electron chi connectivity index (χ3n) is 4.89. The van der Waals surface area contributed by atoms with Gasteiger partial charge in [0.2, 0.25) is 0 Å². The molecule has 30 heavy (non-hydrogen) atoms. The Morgan fingerprint density at radius 3 is 2.47 bits per heavy atom. The van der Waals surface area contributed by atoms with Gasteiger partial charge in [-0.15, -0.1) is 0 Å². The molecular weight excluding hydrogens is 399 g/mol. The molecule has 6 nitrogen and oxygen atoms in total. The van der Waals surface area contributed by atoms with Crippen molar-refractivity contribution in [1.82, 2.24) is 9.47 Å². The molecule has 0 saturated carbocycles. The minimum atomic E-state index is -5.13. The van der Waals surface area contributed by atoms with Crippen molar-refractivity contribution in [3.8, 4) is 11.8 Å². The molecule has 1 aliphatic rings. The van der Waals surface area contributed by atoms with Gasteiger partial charge in [-0.2, -0.15) is 18.4 Å². The highest BCUT2D eigenvalue weighted by molar-refractivity contribution is 5.88. The van der Waals surface area contributed by atoms with E-state index in [0.717, 1.165) is 11.6 Å². The number of rotatable bonds is 2. The largest absolute Gasteiger partial charge is 0.481 e. The lowest BCUT2D eigenvalue weighted by atomic mass is 9.89. The molecule has 0 atom stereocenters. The minimum Gasteiger partial charge on any atom is -0.481 e. The minimum absolute atomic E-state index is 0.0570. The average Bonchev–Trinajstić information content (AvgIpc) is 2.65. The van der Waals surface area contributed by atoms with Crippen LogP contribution in [0, 0.1) is 18.3 Å². The topological polar surface area (TPSA) is 75.3 Å². The average molecular weight is 417 g/mol. The maximum atomic E-state index is 13.2. The molecule has 0 bridgehead atoms. The van der Waals surface area contributed by atoms with Crippen molar-refractivity contribution in [3.05, 3.63) is 69.3 Å². The van der Waals surface area contributed by atoms with E-state index in [4.69, 9.17) is 4.74 Å². The molecule has 0 fully saturated rings. The molecule has 1 amide bonds. The van der Waals surface area contributed by atoms with Gasteiger partial charge in [0.15, 0.2) is 0 Å². The zero-order valence-electron chi connectivity index (χ0n) is 16.7. The molecule has 1 aliphatic heterocycles. The number of nitriles is 1. The van der Waals surface area contributed by atoms with E-state index in [1.807, 2.05) is 6.07 Å². The fourth-order valence-corrected chi connectivity index (χ4v) is 3.62. The third kappa shape index (κ3) is 3.34. The maximum Gasteiger partial charge on any atom is 0.471 e. The highest BCUT2D eigenvalue weighted by Gasteiger charge is 2.48. The van der Waals surface area contributed by atoms with Crippen LogP contribution >= 0.6 is 0 Å². The summed E-state index contributed by atoms with van der Waals surface area (Å²) >= 11 is 0. The zero-order chi connectivity index (χ0) is 22.4. The number of carbonyl (C=O) groups is 1. The second kappa shape index (κ2) is 7.06. The van der Waals surface area contributed by atoms with Crippen LogP contribution in [0.5, 0.6) is 5.75 Å². The van der Waals surface area contributed by atoms with E-state index in [2.05, 4.69) is 0 Å². The number of likely N-dealkylation sites (N-methyl/N-ethyl adjacent to an activating group) is 1. The summed E-state index contributed by atoms with van der Waals surface area (Å²) in [6.07, 6.45) is -3.73. The summed E-state index contributed by atoms with van der Waals surface area (Å²) < 4.78 is 46.8. The Morgan fingerprint density at radius 1 is 1.23 bits per heavy atom. The van der Waals surface area contributed by atoms with Crippen molar-refractivity contribution in [3.63, 3.8) is 0 Å². The summed E-state index contributed by atoms with van der Waals surface area (Å²) in [6, 6.07) is 9.37. The van der Waals surface area contributed by atoms with Gasteiger partial charge in [-0.3, -0.25) is 14.2 Å². The number of pyridine rings is 1. The molecule has 0 unspecified atom stereocenters. The van der Waals surface area contributed by atoms with Crippen molar-refractivity contribution in [2.75, 3.05) is 7.05 Å². The molecule has 156 valence electrons. The molecule has 0 saturated heterocycles. The van der Waals surface area contributed by atoms with Crippen LogP contribution in [0.15, 0.2) is 47.0 Å². The Kier molecular flexibility index (Phi) is 4.98. The van der Waals surface area contributed by atoms with Gasteiger partial charge in [-0.05, 0) is 44.5 Å². The Hall–Kier alpha value is -3.54. The van der Waals surface area contributed by atoms with E-state index < -0.39 is 23.2 Å². The number of amides is 1. The van der Waals surface area contributed by atoms with E-state index >= 15 is 0 Å². The maximum absolute atomic E-state index is 13.2. The van der Waals surface area contributed by atoms with Crippen LogP contribution in [0.3, 0.4) is 0 Å². The van der Waals surface area contributed by atoms with Crippen molar-refractivity contribution >= 4 is 11.6 Å². The number of benzene rings is 1. The Balaban J connectivity index is 2.49. The number of carbonyl (C=O) groups excluding carboxylic acids is 1. The second-order valence-corrected chi connectivity index (χ2v) is 7.30. The van der Waals surface area contributed by atoms with Crippen LogP contribution in [0.4, 0.5) is 13.2 Å². The third-order valence-corrected chi connectivity index (χ3v) is 4.89. The molecule has 2 heterocycles. The summed E-state index contributed by atoms with van der Waals surface area (Å²) in [4.78, 5) is 25.2. The molecule has 0 N–H and O–H groups in total. The lowest BCUT2D eigenvalue weighted by molar-refractivity contribution is -0.183. The standard InChI is InChI=1S/C21H18F3N3O3/c1-12-13(11-25)8-9-14-16(12)17(27-10-6-5-7-15(27)28)18(20(2,3)30-14)26(4)19(29)21(22,23)24/h5-10H,1-4H3. The van der Waals surface area contributed by atoms with Gasteiger partial charge in [-0.1, -0.05) is 6.07 Å². The van der Waals surface area contributed by atoms with Gasteiger partial charge >= 0.3 is 12.1 Å². The second-order valence-electron chi connectivity index (χ2n) is 7.30. The van der Waals surface area contributed by atoms with E-state index in [9.17, 15) is 28.0 Å². The van der Waals surface area contributed by atoms with Gasteiger partial charge in [0.1, 0.15) is 11.4 Å². The van der Waals surface area contributed by atoms with Crippen molar-refractivity contribution in [1.29, 1.82) is 5.26 Å². The quantitative estimate of drug-likeness (QED) is 0.750. The van der Waals surface area contributed by atoms with E-state index in [1.165, 1.54) is 44.3 Å². The number of fused-ring (bicyclic) bond motifs is 1. The van der Waals surface area contributed by atoms with Crippen LogP contribution in [0.25, 0.3) is 5.70 Å². The SMILES string of the molecule is Cc1c(C#N)ccc2c1C(n1ccccc1=O)=C(N(C)C(=O)C(F)(F)F)C(C)(C)O2. The Labute approximate surface area is 170 Å². The first-order valence-electron chi connectivity index (χ1n) is 8.91. The number of alkyl halides is 3. The smallest absolute Gasteiger partial charge is 0.471 e. The highest BCUT2D eigenvalue weighted by Crippen LogP contribution is 2.44. The number of hydrogen-bond donors (Lipinski definition) is 0. The zero-order valence-corrected chi connectivity index (χ0v) is 16.7. The summed E-state index contributed by atoms with van der Waals surface area (Å²) in [5, 5.41) is 9.42. The van der Waals surface area contributed by atoms with Gasteiger partial charge in [-0.25, -0.2) is 0 Å². The monoisotopic (exact) mass is 417 g/mol. The van der Waals surface area contributed by atoms with Gasteiger partial charge < -0.3 is 9.64 Å². The first-order chi connectivity index (χ1) is 13.9. The highest BCUT2D eigenvalue weighted by atomic mass is 19.4. The van der Waals surface area contributed by atoms with Crippen LogP contribution in [0.2, 0.25) is 0 Å². The Morgan fingerprint density at radius 2 is 1.90 bits per heavy atom. The first kappa shape index (κ1) is 21.2. The van der Waals surface area contributed by atoms with Crippen molar-refractivity contribution in [2.45, 2.75) is 32.5 Å². The molecular formula is C21H18F3N3O3. The lowest BCUT2D eigenvalue weighted by Crippen LogP contribution is -2.49. The molecule has 9 heteroatoms. The first-order valence-corrected chi connectivity index (χ1v) is 8.91. The predicted molar refractivity (Wildman–Crippen MR) is 102 cm³/mol.